The number of aromatic amines is 1. The molecule has 6 heteroatoms. The van der Waals surface area contributed by atoms with E-state index in [1.165, 1.54) is 0 Å². The number of benzene rings is 1. The third-order valence-corrected chi connectivity index (χ3v) is 3.28. The molecule has 22 heavy (non-hydrogen) atoms. The maximum Gasteiger partial charge on any atom is 0.269 e. The number of methoxy groups -OCH3 is 1. The summed E-state index contributed by atoms with van der Waals surface area (Å²) in [5.41, 5.74) is 2.14. The van der Waals surface area contributed by atoms with Crippen LogP contribution in [0.15, 0.2) is 30.3 Å². The van der Waals surface area contributed by atoms with Gasteiger partial charge >= 0.3 is 0 Å². The summed E-state index contributed by atoms with van der Waals surface area (Å²) in [5.74, 6) is 0.657. The molecule has 0 bridgehead atoms. The zero-order chi connectivity index (χ0) is 15.9. The second kappa shape index (κ2) is 7.61. The van der Waals surface area contributed by atoms with Crippen molar-refractivity contribution in [3.63, 3.8) is 0 Å². The summed E-state index contributed by atoms with van der Waals surface area (Å²) in [6.07, 6.45) is 0.915. The molecule has 118 valence electrons. The fraction of sp³-hybridized carbons (Fsp3) is 0.375. The van der Waals surface area contributed by atoms with E-state index in [-0.39, 0.29) is 5.91 Å². The van der Waals surface area contributed by atoms with Gasteiger partial charge in [-0.1, -0.05) is 0 Å². The monoisotopic (exact) mass is 302 g/mol. The molecular formula is C16H22N4O2. The van der Waals surface area contributed by atoms with Crippen molar-refractivity contribution in [3.8, 4) is 17.0 Å². The van der Waals surface area contributed by atoms with Crippen LogP contribution in [-0.2, 0) is 0 Å². The first kappa shape index (κ1) is 16.0. The first-order valence-corrected chi connectivity index (χ1v) is 7.23. The molecule has 2 aromatic rings. The van der Waals surface area contributed by atoms with Crippen molar-refractivity contribution < 1.29 is 9.53 Å². The predicted octanol–water partition coefficient (Wildman–Crippen LogP) is 1.77. The summed E-state index contributed by atoms with van der Waals surface area (Å²) in [5, 5.41) is 9.84. The number of carbonyl (C=O) groups excluding carboxylic acids is 1. The quantitative estimate of drug-likeness (QED) is 0.765. The van der Waals surface area contributed by atoms with Gasteiger partial charge in [0.25, 0.3) is 5.91 Å². The number of carbonyl (C=O) groups is 1. The average Bonchev–Trinajstić information content (AvgIpc) is 3.01. The number of nitrogens with one attached hydrogen (secondary N) is 2. The second-order valence-corrected chi connectivity index (χ2v) is 5.31. The van der Waals surface area contributed by atoms with Crippen molar-refractivity contribution in [1.29, 1.82) is 0 Å². The maximum absolute atomic E-state index is 12.0. The molecule has 1 heterocycles. The molecule has 0 atom stereocenters. The molecular weight excluding hydrogens is 280 g/mol. The first-order chi connectivity index (χ1) is 10.6. The summed E-state index contributed by atoms with van der Waals surface area (Å²) in [7, 11) is 5.65. The van der Waals surface area contributed by atoms with Gasteiger partial charge in [-0.15, -0.1) is 0 Å². The minimum absolute atomic E-state index is 0.133. The Morgan fingerprint density at radius 3 is 2.68 bits per heavy atom. The predicted molar refractivity (Wildman–Crippen MR) is 86.1 cm³/mol. The first-order valence-electron chi connectivity index (χ1n) is 7.23. The van der Waals surface area contributed by atoms with Crippen LogP contribution in [0.2, 0.25) is 0 Å². The van der Waals surface area contributed by atoms with Crippen LogP contribution in [0.3, 0.4) is 0 Å². The fourth-order valence-electron chi connectivity index (χ4n) is 2.04. The van der Waals surface area contributed by atoms with Crippen molar-refractivity contribution in [1.82, 2.24) is 20.4 Å². The summed E-state index contributed by atoms with van der Waals surface area (Å²) in [6, 6.07) is 9.31. The van der Waals surface area contributed by atoms with Gasteiger partial charge < -0.3 is 15.0 Å². The van der Waals surface area contributed by atoms with Crippen molar-refractivity contribution in [2.75, 3.05) is 34.3 Å². The van der Waals surface area contributed by atoms with E-state index in [1.54, 1.807) is 13.2 Å². The van der Waals surface area contributed by atoms with Crippen LogP contribution in [0, 0.1) is 0 Å². The fourth-order valence-corrected chi connectivity index (χ4v) is 2.04. The number of H-pyrrole nitrogens is 1. The topological polar surface area (TPSA) is 70.2 Å². The van der Waals surface area contributed by atoms with Gasteiger partial charge in [0.05, 0.1) is 12.8 Å². The largest absolute Gasteiger partial charge is 0.497 e. The van der Waals surface area contributed by atoms with E-state index >= 15 is 0 Å². The normalized spacial score (nSPS) is 10.7. The Bertz CT molecular complexity index is 605. The summed E-state index contributed by atoms with van der Waals surface area (Å²) in [4.78, 5) is 14.1. The Morgan fingerprint density at radius 1 is 1.32 bits per heavy atom. The smallest absolute Gasteiger partial charge is 0.269 e. The van der Waals surface area contributed by atoms with Crippen LogP contribution in [-0.4, -0.2) is 55.3 Å². The Hall–Kier alpha value is -2.34. The Labute approximate surface area is 130 Å². The molecule has 0 aliphatic carbocycles. The molecule has 0 aliphatic heterocycles. The van der Waals surface area contributed by atoms with Crippen LogP contribution in [0.25, 0.3) is 11.3 Å². The van der Waals surface area contributed by atoms with Gasteiger partial charge in [-0.2, -0.15) is 5.10 Å². The number of rotatable bonds is 7. The molecule has 1 aromatic carbocycles. The lowest BCUT2D eigenvalue weighted by Crippen LogP contribution is -2.27. The third kappa shape index (κ3) is 4.33. The third-order valence-electron chi connectivity index (χ3n) is 3.28. The number of hydrogen-bond donors (Lipinski definition) is 2. The van der Waals surface area contributed by atoms with Crippen LogP contribution >= 0.6 is 0 Å². The molecule has 0 saturated carbocycles. The minimum Gasteiger partial charge on any atom is -0.497 e. The SMILES string of the molecule is COc1ccc(-c2cc(C(=O)NCCCN(C)C)[nH]n2)cc1. The second-order valence-electron chi connectivity index (χ2n) is 5.31. The van der Waals surface area contributed by atoms with Gasteiger partial charge in [-0.25, -0.2) is 0 Å². The van der Waals surface area contributed by atoms with Crippen LogP contribution < -0.4 is 10.1 Å². The van der Waals surface area contributed by atoms with E-state index < -0.39 is 0 Å². The average molecular weight is 302 g/mol. The maximum atomic E-state index is 12.0. The van der Waals surface area contributed by atoms with Crippen LogP contribution in [0.1, 0.15) is 16.9 Å². The minimum atomic E-state index is -0.133. The van der Waals surface area contributed by atoms with E-state index in [2.05, 4.69) is 20.4 Å². The van der Waals surface area contributed by atoms with Gasteiger partial charge in [-0.05, 0) is 57.4 Å². The van der Waals surface area contributed by atoms with Gasteiger partial charge in [0.1, 0.15) is 11.4 Å². The van der Waals surface area contributed by atoms with E-state index in [0.29, 0.717) is 12.2 Å². The van der Waals surface area contributed by atoms with Crippen LogP contribution in [0.4, 0.5) is 0 Å². The molecule has 0 unspecified atom stereocenters. The zero-order valence-electron chi connectivity index (χ0n) is 13.2. The molecule has 0 radical (unpaired) electrons. The Balaban J connectivity index is 1.93. The molecule has 1 aromatic heterocycles. The van der Waals surface area contributed by atoms with Gasteiger partial charge in [0.15, 0.2) is 0 Å². The standard InChI is InChI=1S/C16H22N4O2/c1-20(2)10-4-9-17-16(21)15-11-14(18-19-15)12-5-7-13(22-3)8-6-12/h5-8,11H,4,9-10H2,1-3H3,(H,17,21)(H,18,19). The summed E-state index contributed by atoms with van der Waals surface area (Å²) >= 11 is 0. The molecule has 0 saturated heterocycles. The molecule has 0 fully saturated rings. The van der Waals surface area contributed by atoms with Crippen molar-refractivity contribution in [3.05, 3.63) is 36.0 Å². The highest BCUT2D eigenvalue weighted by Crippen LogP contribution is 2.20. The molecule has 2 N–H and O–H groups in total. The van der Waals surface area contributed by atoms with Gasteiger partial charge in [0, 0.05) is 12.1 Å². The van der Waals surface area contributed by atoms with Crippen molar-refractivity contribution in [2.24, 2.45) is 0 Å². The van der Waals surface area contributed by atoms with E-state index in [9.17, 15) is 4.79 Å². The lowest BCUT2D eigenvalue weighted by molar-refractivity contribution is 0.0947. The number of nitrogens with zero attached hydrogens (tertiary/aromatic N) is 2. The highest BCUT2D eigenvalue weighted by Gasteiger charge is 2.10. The van der Waals surface area contributed by atoms with Gasteiger partial charge in [0.2, 0.25) is 0 Å². The van der Waals surface area contributed by atoms with E-state index in [1.807, 2.05) is 38.4 Å². The molecule has 0 aliphatic rings. The molecule has 0 spiro atoms. The molecule has 2 rings (SSSR count). The van der Waals surface area contributed by atoms with Crippen LogP contribution in [0.5, 0.6) is 5.75 Å². The number of amides is 1. The van der Waals surface area contributed by atoms with Gasteiger partial charge in [-0.3, -0.25) is 9.89 Å². The highest BCUT2D eigenvalue weighted by molar-refractivity contribution is 5.93. The summed E-state index contributed by atoms with van der Waals surface area (Å²) < 4.78 is 5.12. The lowest BCUT2D eigenvalue weighted by atomic mass is 10.1. The zero-order valence-corrected chi connectivity index (χ0v) is 13.2. The van der Waals surface area contributed by atoms with Crippen molar-refractivity contribution >= 4 is 5.91 Å². The number of aromatic nitrogens is 2. The van der Waals surface area contributed by atoms with E-state index in [0.717, 1.165) is 30.0 Å². The number of hydrogen-bond acceptors (Lipinski definition) is 4. The Kier molecular flexibility index (Phi) is 5.55. The molecule has 1 amide bonds. The van der Waals surface area contributed by atoms with Crippen molar-refractivity contribution in [2.45, 2.75) is 6.42 Å². The Morgan fingerprint density at radius 2 is 2.05 bits per heavy atom. The van der Waals surface area contributed by atoms with E-state index in [4.69, 9.17) is 4.74 Å². The lowest BCUT2D eigenvalue weighted by Gasteiger charge is -2.09. The number of ether oxygens (including phenoxy) is 1. The molecule has 6 nitrogen and oxygen atoms in total. The highest BCUT2D eigenvalue weighted by atomic mass is 16.5. The summed E-state index contributed by atoms with van der Waals surface area (Å²) in [6.45, 7) is 1.59.